The summed E-state index contributed by atoms with van der Waals surface area (Å²) >= 11 is 0. The molecule has 4 nitrogen and oxygen atoms in total. The van der Waals surface area contributed by atoms with Crippen LogP contribution in [-0.2, 0) is 6.18 Å². The number of nitrogens with zero attached hydrogens (tertiary/aromatic N) is 3. The fourth-order valence-electron chi connectivity index (χ4n) is 2.97. The molecule has 0 saturated carbocycles. The Balaban J connectivity index is 1.86. The van der Waals surface area contributed by atoms with Gasteiger partial charge in [0.1, 0.15) is 5.69 Å². The van der Waals surface area contributed by atoms with Crippen LogP contribution in [0.3, 0.4) is 0 Å². The molecule has 1 aromatic heterocycles. The van der Waals surface area contributed by atoms with E-state index >= 15 is 0 Å². The van der Waals surface area contributed by atoms with E-state index < -0.39 is 11.7 Å². The monoisotopic (exact) mass is 335 g/mol. The van der Waals surface area contributed by atoms with E-state index in [-0.39, 0.29) is 17.6 Å². The minimum atomic E-state index is -4.36. The number of hydrogen-bond donors (Lipinski definition) is 0. The summed E-state index contributed by atoms with van der Waals surface area (Å²) in [7, 11) is 0. The van der Waals surface area contributed by atoms with Gasteiger partial charge < -0.3 is 4.90 Å². The van der Waals surface area contributed by atoms with E-state index in [0.717, 1.165) is 31.4 Å². The third-order valence-corrected chi connectivity index (χ3v) is 4.17. The van der Waals surface area contributed by atoms with E-state index in [1.165, 1.54) is 30.7 Å². The molecule has 0 aliphatic carbocycles. The summed E-state index contributed by atoms with van der Waals surface area (Å²) in [4.78, 5) is 22.3. The maximum absolute atomic E-state index is 12.7. The number of benzene rings is 1. The first-order chi connectivity index (χ1) is 11.5. The van der Waals surface area contributed by atoms with Crippen LogP contribution in [0.4, 0.5) is 13.2 Å². The van der Waals surface area contributed by atoms with Crippen molar-refractivity contribution in [2.24, 2.45) is 0 Å². The van der Waals surface area contributed by atoms with Gasteiger partial charge >= 0.3 is 6.18 Å². The number of carbonyl (C=O) groups is 1. The summed E-state index contributed by atoms with van der Waals surface area (Å²) in [5.41, 5.74) is 0.269. The van der Waals surface area contributed by atoms with Gasteiger partial charge in [0.05, 0.1) is 17.8 Å². The van der Waals surface area contributed by atoms with Crippen molar-refractivity contribution in [2.75, 3.05) is 6.54 Å². The van der Waals surface area contributed by atoms with Gasteiger partial charge in [0, 0.05) is 18.9 Å². The second-order valence-corrected chi connectivity index (χ2v) is 5.72. The molecule has 7 heteroatoms. The van der Waals surface area contributed by atoms with Crippen molar-refractivity contribution in [3.63, 3.8) is 0 Å². The first-order valence-corrected chi connectivity index (χ1v) is 7.71. The van der Waals surface area contributed by atoms with Gasteiger partial charge in [-0.15, -0.1) is 0 Å². The van der Waals surface area contributed by atoms with Crippen LogP contribution in [0, 0.1) is 0 Å². The van der Waals surface area contributed by atoms with Crippen molar-refractivity contribution in [1.82, 2.24) is 14.9 Å². The third-order valence-electron chi connectivity index (χ3n) is 4.17. The number of amides is 1. The molecule has 126 valence electrons. The van der Waals surface area contributed by atoms with Crippen LogP contribution in [0.2, 0.25) is 0 Å². The first-order valence-electron chi connectivity index (χ1n) is 7.71. The van der Waals surface area contributed by atoms with Gasteiger partial charge in [0.25, 0.3) is 5.91 Å². The lowest BCUT2D eigenvalue weighted by molar-refractivity contribution is -0.137. The number of aromatic nitrogens is 2. The zero-order chi connectivity index (χ0) is 17.2. The minimum absolute atomic E-state index is 0.240. The molecule has 24 heavy (non-hydrogen) atoms. The van der Waals surface area contributed by atoms with Crippen LogP contribution in [0.15, 0.2) is 42.9 Å². The van der Waals surface area contributed by atoms with E-state index in [0.29, 0.717) is 12.1 Å². The molecule has 3 rings (SSSR count). The minimum Gasteiger partial charge on any atom is -0.330 e. The molecular weight excluding hydrogens is 319 g/mol. The molecule has 2 aromatic rings. The molecule has 0 unspecified atom stereocenters. The highest BCUT2D eigenvalue weighted by Crippen LogP contribution is 2.34. The molecule has 1 aromatic carbocycles. The number of likely N-dealkylation sites (tertiary alicyclic amines) is 1. The predicted molar refractivity (Wildman–Crippen MR) is 81.1 cm³/mol. The smallest absolute Gasteiger partial charge is 0.330 e. The summed E-state index contributed by atoms with van der Waals surface area (Å²) in [6, 6.07) is 4.80. The summed E-state index contributed by atoms with van der Waals surface area (Å²) in [6.45, 7) is 0.557. The molecule has 0 N–H and O–H groups in total. The van der Waals surface area contributed by atoms with Crippen molar-refractivity contribution < 1.29 is 18.0 Å². The van der Waals surface area contributed by atoms with Crippen LogP contribution in [0.5, 0.6) is 0 Å². The third kappa shape index (κ3) is 3.39. The molecule has 1 aliphatic rings. The lowest BCUT2D eigenvalue weighted by Crippen LogP contribution is -2.39. The van der Waals surface area contributed by atoms with Gasteiger partial charge in [-0.25, -0.2) is 4.98 Å². The SMILES string of the molecule is O=C(c1cnccn1)N1CCCC[C@@H]1c1ccc(C(F)(F)F)cc1. The van der Waals surface area contributed by atoms with E-state index in [9.17, 15) is 18.0 Å². The van der Waals surface area contributed by atoms with Gasteiger partial charge in [-0.2, -0.15) is 13.2 Å². The maximum atomic E-state index is 12.7. The van der Waals surface area contributed by atoms with Gasteiger partial charge in [-0.3, -0.25) is 9.78 Å². The standard InChI is InChI=1S/C17H16F3N3O/c18-17(19,20)13-6-4-12(5-7-13)15-3-1-2-10-23(15)16(24)14-11-21-8-9-22-14/h4-9,11,15H,1-3,10H2/t15-/m1/s1. The van der Waals surface area contributed by atoms with E-state index in [1.54, 1.807) is 4.90 Å². The summed E-state index contributed by atoms with van der Waals surface area (Å²) in [5.74, 6) is -0.243. The highest BCUT2D eigenvalue weighted by Gasteiger charge is 2.32. The Bertz CT molecular complexity index is 701. The Morgan fingerprint density at radius 1 is 1.12 bits per heavy atom. The number of rotatable bonds is 2. The van der Waals surface area contributed by atoms with Crippen molar-refractivity contribution in [3.05, 3.63) is 59.7 Å². The van der Waals surface area contributed by atoms with E-state index in [2.05, 4.69) is 9.97 Å². The summed E-state index contributed by atoms with van der Waals surface area (Å²) < 4.78 is 38.1. The quantitative estimate of drug-likeness (QED) is 0.837. The Kier molecular flexibility index (Phi) is 4.51. The van der Waals surface area contributed by atoms with Gasteiger partial charge in [-0.05, 0) is 37.0 Å². The molecule has 1 saturated heterocycles. The molecule has 2 heterocycles. The fraction of sp³-hybridized carbons (Fsp3) is 0.353. The number of carbonyl (C=O) groups excluding carboxylic acids is 1. The number of halogens is 3. The lowest BCUT2D eigenvalue weighted by atomic mass is 9.94. The average molecular weight is 335 g/mol. The van der Waals surface area contributed by atoms with Crippen molar-refractivity contribution >= 4 is 5.91 Å². The first kappa shape index (κ1) is 16.4. The summed E-state index contributed by atoms with van der Waals surface area (Å²) in [6.07, 6.45) is 2.49. The largest absolute Gasteiger partial charge is 0.416 e. The highest BCUT2D eigenvalue weighted by atomic mass is 19.4. The molecule has 0 bridgehead atoms. The lowest BCUT2D eigenvalue weighted by Gasteiger charge is -2.36. The molecule has 1 aliphatic heterocycles. The Morgan fingerprint density at radius 2 is 1.88 bits per heavy atom. The number of hydrogen-bond acceptors (Lipinski definition) is 3. The van der Waals surface area contributed by atoms with Crippen LogP contribution in [-0.4, -0.2) is 27.3 Å². The van der Waals surface area contributed by atoms with Crippen LogP contribution in [0.1, 0.15) is 46.9 Å². The molecule has 0 spiro atoms. The second-order valence-electron chi connectivity index (χ2n) is 5.72. The molecule has 1 atom stereocenters. The Labute approximate surface area is 137 Å². The number of piperidine rings is 1. The topological polar surface area (TPSA) is 46.1 Å². The highest BCUT2D eigenvalue weighted by molar-refractivity contribution is 5.92. The zero-order valence-electron chi connectivity index (χ0n) is 12.8. The zero-order valence-corrected chi connectivity index (χ0v) is 12.8. The maximum Gasteiger partial charge on any atom is 0.416 e. The van der Waals surface area contributed by atoms with Gasteiger partial charge in [0.15, 0.2) is 0 Å². The van der Waals surface area contributed by atoms with Crippen LogP contribution in [0.25, 0.3) is 0 Å². The Hall–Kier alpha value is -2.44. The molecule has 1 amide bonds. The molecule has 1 fully saturated rings. The predicted octanol–water partition coefficient (Wildman–Crippen LogP) is 3.86. The fourth-order valence-corrected chi connectivity index (χ4v) is 2.97. The molecular formula is C17H16F3N3O. The van der Waals surface area contributed by atoms with Crippen molar-refractivity contribution in [1.29, 1.82) is 0 Å². The van der Waals surface area contributed by atoms with E-state index in [4.69, 9.17) is 0 Å². The van der Waals surface area contributed by atoms with Gasteiger partial charge in [-0.1, -0.05) is 12.1 Å². The van der Waals surface area contributed by atoms with Gasteiger partial charge in [0.2, 0.25) is 0 Å². The van der Waals surface area contributed by atoms with Crippen LogP contribution < -0.4 is 0 Å². The Morgan fingerprint density at radius 3 is 2.50 bits per heavy atom. The second kappa shape index (κ2) is 6.59. The normalized spacial score (nSPS) is 18.5. The van der Waals surface area contributed by atoms with E-state index in [1.807, 2.05) is 0 Å². The van der Waals surface area contributed by atoms with Crippen molar-refractivity contribution in [3.8, 4) is 0 Å². The average Bonchev–Trinajstić information content (AvgIpc) is 2.61. The number of alkyl halides is 3. The van der Waals surface area contributed by atoms with Crippen LogP contribution >= 0.6 is 0 Å². The molecule has 0 radical (unpaired) electrons. The summed E-state index contributed by atoms with van der Waals surface area (Å²) in [5, 5.41) is 0. The van der Waals surface area contributed by atoms with Crippen molar-refractivity contribution in [2.45, 2.75) is 31.5 Å².